The van der Waals surface area contributed by atoms with Gasteiger partial charge >= 0.3 is 11.9 Å². The molecule has 37 heavy (non-hydrogen) atoms. The summed E-state index contributed by atoms with van der Waals surface area (Å²) in [5.41, 5.74) is 0. The third-order valence-electron chi connectivity index (χ3n) is 4.72. The fourth-order valence-electron chi connectivity index (χ4n) is 2.44. The van der Waals surface area contributed by atoms with E-state index in [4.69, 9.17) is 0 Å². The Morgan fingerprint density at radius 3 is 1.68 bits per heavy atom. The van der Waals surface area contributed by atoms with E-state index in [1.54, 1.807) is 61.0 Å². The fraction of sp³-hybridized carbons (Fsp3) is 0.818. The average molecular weight is 653 g/mol. The Labute approximate surface area is 251 Å². The van der Waals surface area contributed by atoms with Crippen LogP contribution in [-0.4, -0.2) is 90.1 Å². The molecule has 216 valence electrons. The molecule has 0 heterocycles. The summed E-state index contributed by atoms with van der Waals surface area (Å²) < 4.78 is -1.93. The molecule has 0 aliphatic heterocycles. The van der Waals surface area contributed by atoms with E-state index in [9.17, 15) is 29.4 Å². The maximum atomic E-state index is 12.1. The third-order valence-corrected chi connectivity index (χ3v) is 11.3. The van der Waals surface area contributed by atoms with Crippen molar-refractivity contribution in [2.24, 2.45) is 0 Å². The van der Waals surface area contributed by atoms with Gasteiger partial charge in [0, 0.05) is 22.5 Å². The molecule has 0 aromatic carbocycles. The van der Waals surface area contributed by atoms with Crippen LogP contribution in [0.5, 0.6) is 0 Å². The number of thiol groups is 2. The number of rotatable bonds is 21. The van der Waals surface area contributed by atoms with Crippen LogP contribution in [0.25, 0.3) is 0 Å². The number of carboxylic acids is 2. The number of amides is 2. The minimum atomic E-state index is -1.08. The van der Waals surface area contributed by atoms with Crippen LogP contribution >= 0.6 is 80.2 Å². The van der Waals surface area contributed by atoms with Crippen molar-refractivity contribution in [2.75, 3.05) is 29.3 Å². The summed E-state index contributed by atoms with van der Waals surface area (Å²) in [6.07, 6.45) is 6.11. The minimum absolute atomic E-state index is 0.233. The van der Waals surface area contributed by atoms with Crippen LogP contribution in [0, 0.1) is 0 Å². The molecule has 3 unspecified atom stereocenters. The highest BCUT2D eigenvalue weighted by molar-refractivity contribution is 8.77. The van der Waals surface area contributed by atoms with Gasteiger partial charge in [0.05, 0.1) is 9.49 Å². The molecule has 3 atom stereocenters. The van der Waals surface area contributed by atoms with Crippen LogP contribution in [0.3, 0.4) is 0 Å². The Bertz CT molecular complexity index is 731. The Balaban J connectivity index is 4.73. The monoisotopic (exact) mass is 652 g/mol. The summed E-state index contributed by atoms with van der Waals surface area (Å²) in [5, 5.41) is 24.3. The summed E-state index contributed by atoms with van der Waals surface area (Å²) in [5.74, 6) is -0.671. The normalized spacial score (nSPS) is 14.5. The van der Waals surface area contributed by atoms with Gasteiger partial charge in [-0.3, -0.25) is 9.59 Å². The average Bonchev–Trinajstić information content (AvgIpc) is 2.77. The first-order valence-corrected chi connectivity index (χ1v) is 18.8. The van der Waals surface area contributed by atoms with Crippen LogP contribution < -0.4 is 10.6 Å². The van der Waals surface area contributed by atoms with E-state index in [0.717, 1.165) is 37.2 Å². The van der Waals surface area contributed by atoms with E-state index >= 15 is 0 Å². The van der Waals surface area contributed by atoms with Crippen LogP contribution in [0.4, 0.5) is 0 Å². The number of carbonyl (C=O) groups is 4. The molecule has 0 aromatic rings. The van der Waals surface area contributed by atoms with E-state index in [-0.39, 0.29) is 11.5 Å². The smallest absolute Gasteiger partial charge is 0.327 e. The van der Waals surface area contributed by atoms with E-state index in [0.29, 0.717) is 5.25 Å². The lowest BCUT2D eigenvalue weighted by Crippen LogP contribution is -2.48. The summed E-state index contributed by atoms with van der Waals surface area (Å²) in [6.45, 7) is 6.44. The number of unbranched alkanes of at least 4 members (excludes halogenated alkanes) is 1. The molecular formula is C22H40N2O6S7. The van der Waals surface area contributed by atoms with Crippen LogP contribution in [0.1, 0.15) is 53.4 Å². The van der Waals surface area contributed by atoms with E-state index in [2.05, 4.69) is 42.1 Å². The minimum Gasteiger partial charge on any atom is -0.480 e. The molecule has 4 N–H and O–H groups in total. The zero-order valence-corrected chi connectivity index (χ0v) is 27.7. The molecule has 0 rings (SSSR count). The van der Waals surface area contributed by atoms with Gasteiger partial charge in [-0.25, -0.2) is 9.59 Å². The second-order valence-electron chi connectivity index (χ2n) is 9.23. The topological polar surface area (TPSA) is 133 Å². The second-order valence-corrected chi connectivity index (χ2v) is 17.8. The van der Waals surface area contributed by atoms with Crippen molar-refractivity contribution >= 4 is 104 Å². The van der Waals surface area contributed by atoms with Gasteiger partial charge in [0.25, 0.3) is 0 Å². The molecule has 15 heteroatoms. The fourth-order valence-corrected chi connectivity index (χ4v) is 8.41. The van der Waals surface area contributed by atoms with Crippen molar-refractivity contribution in [3.8, 4) is 0 Å². The maximum absolute atomic E-state index is 12.1. The van der Waals surface area contributed by atoms with Gasteiger partial charge < -0.3 is 20.8 Å². The predicted octanol–water partition coefficient (Wildman–Crippen LogP) is 4.60. The van der Waals surface area contributed by atoms with Crippen molar-refractivity contribution in [1.82, 2.24) is 10.6 Å². The summed E-state index contributed by atoms with van der Waals surface area (Å²) in [4.78, 5) is 47.3. The zero-order valence-electron chi connectivity index (χ0n) is 21.9. The SMILES string of the molecule is CSCCCCC(CCSSCC(NC(=O)C(C)(C)S)C(=O)O)SSCC(NC(=O)C(C)(C)S)C(=O)O. The molecule has 0 saturated heterocycles. The number of hydrogen-bond acceptors (Lipinski definition) is 11. The molecule has 0 spiro atoms. The quantitative estimate of drug-likeness (QED) is 0.0591. The Hall–Kier alpha value is 0.330. The van der Waals surface area contributed by atoms with Gasteiger partial charge in [-0.05, 0) is 59.0 Å². The Kier molecular flexibility index (Phi) is 19.6. The van der Waals surface area contributed by atoms with Gasteiger partial charge in [0.15, 0.2) is 0 Å². The van der Waals surface area contributed by atoms with Crippen molar-refractivity contribution in [2.45, 2.75) is 80.2 Å². The molecular weight excluding hydrogens is 613 g/mol. The first kappa shape index (κ1) is 37.3. The number of thioether (sulfide) groups is 1. The predicted molar refractivity (Wildman–Crippen MR) is 171 cm³/mol. The third kappa shape index (κ3) is 18.3. The molecule has 0 aliphatic carbocycles. The van der Waals surface area contributed by atoms with Crippen LogP contribution in [0.15, 0.2) is 0 Å². The molecule has 8 nitrogen and oxygen atoms in total. The standard InChI is InChI=1S/C22H40N2O6S7/c1-21(2,31)19(29)23-15(17(25)26)12-35-34-11-9-14(8-6-7-10-33-5)37-36-13-16(18(27)28)24-20(30)22(3,4)32/h14-16,31-32H,6-13H2,1-5H3,(H,23,29)(H,24,30)(H,25,26)(H,27,28). The molecule has 0 aromatic heterocycles. The first-order chi connectivity index (χ1) is 17.1. The van der Waals surface area contributed by atoms with Gasteiger partial charge in [-0.15, -0.1) is 0 Å². The number of aliphatic carboxylic acids is 2. The highest BCUT2D eigenvalue weighted by Gasteiger charge is 2.29. The number of carboxylic acid groups (broad SMARTS) is 2. The van der Waals surface area contributed by atoms with E-state index in [1.807, 2.05) is 0 Å². The highest BCUT2D eigenvalue weighted by atomic mass is 33.1. The molecule has 0 aliphatic rings. The lowest BCUT2D eigenvalue weighted by molar-refractivity contribution is -0.141. The maximum Gasteiger partial charge on any atom is 0.327 e. The van der Waals surface area contributed by atoms with E-state index in [1.165, 1.54) is 21.6 Å². The van der Waals surface area contributed by atoms with Crippen molar-refractivity contribution < 1.29 is 29.4 Å². The molecule has 0 fully saturated rings. The lowest BCUT2D eigenvalue weighted by atomic mass is 10.2. The second kappa shape index (κ2) is 19.4. The zero-order chi connectivity index (χ0) is 28.6. The number of hydrogen-bond donors (Lipinski definition) is 6. The van der Waals surface area contributed by atoms with Crippen LogP contribution in [0.2, 0.25) is 0 Å². The van der Waals surface area contributed by atoms with Crippen LogP contribution in [-0.2, 0) is 19.2 Å². The lowest BCUT2D eigenvalue weighted by Gasteiger charge is -2.22. The molecule has 0 saturated carbocycles. The van der Waals surface area contributed by atoms with Crippen molar-refractivity contribution in [3.63, 3.8) is 0 Å². The summed E-state index contributed by atoms with van der Waals surface area (Å²) >= 11 is 10.2. The van der Waals surface area contributed by atoms with Gasteiger partial charge in [-0.2, -0.15) is 37.0 Å². The van der Waals surface area contributed by atoms with Crippen molar-refractivity contribution in [1.29, 1.82) is 0 Å². The van der Waals surface area contributed by atoms with Gasteiger partial charge in [0.1, 0.15) is 12.1 Å². The Morgan fingerprint density at radius 2 is 1.24 bits per heavy atom. The molecule has 0 bridgehead atoms. The summed E-state index contributed by atoms with van der Waals surface area (Å²) in [7, 11) is 6.03. The first-order valence-electron chi connectivity index (χ1n) is 11.6. The Morgan fingerprint density at radius 1 is 0.757 bits per heavy atom. The van der Waals surface area contributed by atoms with Crippen molar-refractivity contribution in [3.05, 3.63) is 0 Å². The largest absolute Gasteiger partial charge is 0.480 e. The molecule has 0 radical (unpaired) electrons. The molecule has 2 amide bonds. The van der Waals surface area contributed by atoms with Gasteiger partial charge in [0.2, 0.25) is 11.8 Å². The highest BCUT2D eigenvalue weighted by Crippen LogP contribution is 2.35. The summed E-state index contributed by atoms with van der Waals surface area (Å²) in [6, 6.07) is -1.99. The van der Waals surface area contributed by atoms with E-state index < -0.39 is 45.3 Å². The number of carbonyl (C=O) groups excluding carboxylic acids is 2. The van der Waals surface area contributed by atoms with Gasteiger partial charge in [-0.1, -0.05) is 49.6 Å². The number of nitrogens with one attached hydrogen (secondary N) is 2.